The first-order chi connectivity index (χ1) is 9.65. The lowest BCUT2D eigenvalue weighted by Gasteiger charge is -2.15. The Morgan fingerprint density at radius 3 is 2.80 bits per heavy atom. The van der Waals surface area contributed by atoms with Gasteiger partial charge < -0.3 is 5.32 Å². The van der Waals surface area contributed by atoms with Gasteiger partial charge in [0.05, 0.1) is 16.6 Å². The zero-order valence-corrected chi connectivity index (χ0v) is 12.2. The first-order valence-electron chi connectivity index (χ1n) is 6.49. The van der Waals surface area contributed by atoms with Gasteiger partial charge in [-0.3, -0.25) is 4.79 Å². The van der Waals surface area contributed by atoms with Gasteiger partial charge in [-0.1, -0.05) is 47.5 Å². The van der Waals surface area contributed by atoms with E-state index in [1.54, 1.807) is 18.2 Å². The number of fused-ring (bicyclic) bond motifs is 1. The van der Waals surface area contributed by atoms with Gasteiger partial charge in [0, 0.05) is 5.02 Å². The number of carbonyl (C=O) groups is 1. The number of halogens is 2. The molecule has 2 nitrogen and oxygen atoms in total. The number of hydrogen-bond donors (Lipinski definition) is 1. The monoisotopic (exact) mass is 305 g/mol. The highest BCUT2D eigenvalue weighted by Gasteiger charge is 2.24. The third-order valence-corrected chi connectivity index (χ3v) is 4.18. The Kier molecular flexibility index (Phi) is 3.68. The lowest BCUT2D eigenvalue weighted by molar-refractivity contribution is 0.0937. The second-order valence-electron chi connectivity index (χ2n) is 4.89. The van der Waals surface area contributed by atoms with Crippen molar-refractivity contribution in [2.75, 3.05) is 0 Å². The molecule has 20 heavy (non-hydrogen) atoms. The first kappa shape index (κ1) is 13.5. The van der Waals surface area contributed by atoms with Crippen LogP contribution in [0.2, 0.25) is 10.0 Å². The smallest absolute Gasteiger partial charge is 0.253 e. The predicted molar refractivity (Wildman–Crippen MR) is 81.4 cm³/mol. The Labute approximate surface area is 127 Å². The van der Waals surface area contributed by atoms with Gasteiger partial charge in [0.25, 0.3) is 5.91 Å². The quantitative estimate of drug-likeness (QED) is 0.875. The van der Waals surface area contributed by atoms with Crippen molar-refractivity contribution in [1.29, 1.82) is 0 Å². The number of rotatable bonds is 2. The Morgan fingerprint density at radius 1 is 1.15 bits per heavy atom. The van der Waals surface area contributed by atoms with Crippen LogP contribution in [0.4, 0.5) is 0 Å². The van der Waals surface area contributed by atoms with E-state index < -0.39 is 0 Å². The highest BCUT2D eigenvalue weighted by atomic mass is 35.5. The minimum absolute atomic E-state index is 0.0498. The summed E-state index contributed by atoms with van der Waals surface area (Å²) in [5.74, 6) is -0.181. The second kappa shape index (κ2) is 5.47. The number of hydrogen-bond acceptors (Lipinski definition) is 1. The fourth-order valence-electron chi connectivity index (χ4n) is 2.61. The first-order valence-corrected chi connectivity index (χ1v) is 7.24. The van der Waals surface area contributed by atoms with E-state index in [2.05, 4.69) is 17.4 Å². The van der Waals surface area contributed by atoms with Gasteiger partial charge >= 0.3 is 0 Å². The molecule has 0 saturated heterocycles. The molecule has 2 aromatic carbocycles. The predicted octanol–water partition coefficient (Wildman–Crippen LogP) is 4.41. The Bertz CT molecular complexity index is 669. The van der Waals surface area contributed by atoms with Gasteiger partial charge in [-0.2, -0.15) is 0 Å². The van der Waals surface area contributed by atoms with Gasteiger partial charge in [-0.25, -0.2) is 0 Å². The molecule has 0 radical (unpaired) electrons. The molecule has 1 aliphatic rings. The van der Waals surface area contributed by atoms with Gasteiger partial charge in [0.15, 0.2) is 0 Å². The molecule has 3 rings (SSSR count). The Morgan fingerprint density at radius 2 is 1.95 bits per heavy atom. The molecule has 1 amide bonds. The molecule has 102 valence electrons. The van der Waals surface area contributed by atoms with Gasteiger partial charge in [-0.15, -0.1) is 0 Å². The molecule has 0 bridgehead atoms. The zero-order valence-electron chi connectivity index (χ0n) is 10.7. The van der Waals surface area contributed by atoms with Crippen molar-refractivity contribution >= 4 is 29.1 Å². The summed E-state index contributed by atoms with van der Waals surface area (Å²) in [4.78, 5) is 12.3. The lowest BCUT2D eigenvalue weighted by Crippen LogP contribution is -2.27. The molecule has 1 N–H and O–H groups in total. The maximum Gasteiger partial charge on any atom is 0.253 e. The van der Waals surface area contributed by atoms with Crippen LogP contribution in [0, 0.1) is 0 Å². The van der Waals surface area contributed by atoms with E-state index in [1.807, 2.05) is 12.1 Å². The van der Waals surface area contributed by atoms with Crippen LogP contribution in [0.15, 0.2) is 42.5 Å². The van der Waals surface area contributed by atoms with E-state index in [9.17, 15) is 4.79 Å². The summed E-state index contributed by atoms with van der Waals surface area (Å²) >= 11 is 12.0. The van der Waals surface area contributed by atoms with Crippen LogP contribution in [0.25, 0.3) is 0 Å². The average Bonchev–Trinajstić information content (AvgIpc) is 2.85. The molecule has 1 aliphatic carbocycles. The van der Waals surface area contributed by atoms with Crippen LogP contribution < -0.4 is 5.32 Å². The molecule has 1 atom stereocenters. The second-order valence-corrected chi connectivity index (χ2v) is 5.73. The van der Waals surface area contributed by atoms with Crippen molar-refractivity contribution < 1.29 is 4.79 Å². The highest BCUT2D eigenvalue weighted by Crippen LogP contribution is 2.31. The molecule has 0 aromatic heterocycles. The minimum atomic E-state index is -0.181. The van der Waals surface area contributed by atoms with E-state index in [-0.39, 0.29) is 11.9 Å². The zero-order chi connectivity index (χ0) is 14.1. The van der Waals surface area contributed by atoms with E-state index in [1.165, 1.54) is 11.1 Å². The molecule has 0 aliphatic heterocycles. The summed E-state index contributed by atoms with van der Waals surface area (Å²) in [5.41, 5.74) is 2.91. The molecule has 0 saturated carbocycles. The lowest BCUT2D eigenvalue weighted by atomic mass is 10.1. The summed E-state index contributed by atoms with van der Waals surface area (Å²) in [5, 5.41) is 3.96. The standard InChI is InChI=1S/C16H13Cl2NO/c17-11-6-7-14(18)13(9-11)16(20)19-15-8-5-10-3-1-2-4-12(10)15/h1-4,6-7,9,15H,5,8H2,(H,19,20)/t15-/m1/s1. The molecular formula is C16H13Cl2NO. The fourth-order valence-corrected chi connectivity index (χ4v) is 2.99. The number of nitrogens with one attached hydrogen (secondary N) is 1. The number of benzene rings is 2. The Balaban J connectivity index is 1.82. The van der Waals surface area contributed by atoms with Gasteiger partial charge in [0.2, 0.25) is 0 Å². The summed E-state index contributed by atoms with van der Waals surface area (Å²) in [7, 11) is 0. The summed E-state index contributed by atoms with van der Waals surface area (Å²) in [6, 6.07) is 13.1. The Hall–Kier alpha value is -1.51. The van der Waals surface area contributed by atoms with E-state index in [0.29, 0.717) is 15.6 Å². The SMILES string of the molecule is O=C(N[C@@H]1CCc2ccccc21)c1cc(Cl)ccc1Cl. The molecule has 0 unspecified atom stereocenters. The summed E-state index contributed by atoms with van der Waals surface area (Å²) in [6.07, 6.45) is 1.91. The largest absolute Gasteiger partial charge is 0.345 e. The average molecular weight is 306 g/mol. The maximum atomic E-state index is 12.3. The summed E-state index contributed by atoms with van der Waals surface area (Å²) in [6.45, 7) is 0. The van der Waals surface area contributed by atoms with Crippen molar-refractivity contribution in [3.05, 3.63) is 69.2 Å². The van der Waals surface area contributed by atoms with E-state index in [0.717, 1.165) is 12.8 Å². The molecule has 2 aromatic rings. The molecular weight excluding hydrogens is 293 g/mol. The van der Waals surface area contributed by atoms with Crippen LogP contribution in [-0.2, 0) is 6.42 Å². The van der Waals surface area contributed by atoms with Crippen LogP contribution in [-0.4, -0.2) is 5.91 Å². The minimum Gasteiger partial charge on any atom is -0.345 e. The molecule has 4 heteroatoms. The third kappa shape index (κ3) is 2.54. The number of carbonyl (C=O) groups excluding carboxylic acids is 1. The van der Waals surface area contributed by atoms with Crippen LogP contribution in [0.1, 0.15) is 33.9 Å². The van der Waals surface area contributed by atoms with Crippen molar-refractivity contribution in [2.24, 2.45) is 0 Å². The molecule has 0 spiro atoms. The van der Waals surface area contributed by atoms with Gasteiger partial charge in [-0.05, 0) is 42.2 Å². The number of amides is 1. The number of aryl methyl sites for hydroxylation is 1. The van der Waals surface area contributed by atoms with E-state index >= 15 is 0 Å². The van der Waals surface area contributed by atoms with Crippen LogP contribution >= 0.6 is 23.2 Å². The molecule has 0 heterocycles. The highest BCUT2D eigenvalue weighted by molar-refractivity contribution is 6.35. The summed E-state index contributed by atoms with van der Waals surface area (Å²) < 4.78 is 0. The maximum absolute atomic E-state index is 12.3. The van der Waals surface area contributed by atoms with E-state index in [4.69, 9.17) is 23.2 Å². The van der Waals surface area contributed by atoms with Crippen molar-refractivity contribution in [3.8, 4) is 0 Å². The normalized spacial score (nSPS) is 16.8. The third-order valence-electron chi connectivity index (χ3n) is 3.61. The molecule has 0 fully saturated rings. The van der Waals surface area contributed by atoms with Crippen LogP contribution in [0.3, 0.4) is 0 Å². The van der Waals surface area contributed by atoms with Crippen LogP contribution in [0.5, 0.6) is 0 Å². The fraction of sp³-hybridized carbons (Fsp3) is 0.188. The van der Waals surface area contributed by atoms with Gasteiger partial charge in [0.1, 0.15) is 0 Å². The van der Waals surface area contributed by atoms with Crippen molar-refractivity contribution in [3.63, 3.8) is 0 Å². The topological polar surface area (TPSA) is 29.1 Å². The van der Waals surface area contributed by atoms with Crippen molar-refractivity contribution in [2.45, 2.75) is 18.9 Å². The van der Waals surface area contributed by atoms with Crippen molar-refractivity contribution in [1.82, 2.24) is 5.32 Å².